The second-order valence-electron chi connectivity index (χ2n) is 6.97. The Kier molecular flexibility index (Phi) is 6.34. The summed E-state index contributed by atoms with van der Waals surface area (Å²) < 4.78 is 52.3. The van der Waals surface area contributed by atoms with Crippen molar-refractivity contribution < 1.29 is 22.4 Å². The van der Waals surface area contributed by atoms with Crippen molar-refractivity contribution in [2.75, 3.05) is 6.54 Å². The van der Waals surface area contributed by atoms with E-state index in [1.54, 1.807) is 29.2 Å². The fraction of sp³-hybridized carbons (Fsp3) is 0.381. The van der Waals surface area contributed by atoms with E-state index < -0.39 is 11.7 Å². The van der Waals surface area contributed by atoms with Gasteiger partial charge < -0.3 is 10.2 Å². The van der Waals surface area contributed by atoms with Crippen LogP contribution in [0.15, 0.2) is 48.5 Å². The maximum Gasteiger partial charge on any atom is 0.416 e. The van der Waals surface area contributed by atoms with E-state index in [1.807, 2.05) is 0 Å². The number of carbonyl (C=O) groups excluding carboxylic acids is 1. The third-order valence-electron chi connectivity index (χ3n) is 4.99. The van der Waals surface area contributed by atoms with Gasteiger partial charge in [-0.2, -0.15) is 13.2 Å². The van der Waals surface area contributed by atoms with Crippen LogP contribution in [0.1, 0.15) is 36.0 Å². The number of likely N-dealkylation sites (tertiary alicyclic amines) is 1. The molecule has 1 aliphatic heterocycles. The molecule has 0 saturated carbocycles. The van der Waals surface area contributed by atoms with Gasteiger partial charge in [-0.15, -0.1) is 0 Å². The van der Waals surface area contributed by atoms with Crippen LogP contribution in [0.5, 0.6) is 0 Å². The highest BCUT2D eigenvalue weighted by atomic mass is 19.4. The Hall–Kier alpha value is -2.41. The van der Waals surface area contributed by atoms with Crippen LogP contribution in [0.4, 0.5) is 17.6 Å². The molecule has 28 heavy (non-hydrogen) atoms. The van der Waals surface area contributed by atoms with Gasteiger partial charge in [-0.1, -0.05) is 30.3 Å². The third-order valence-corrected chi connectivity index (χ3v) is 4.99. The summed E-state index contributed by atoms with van der Waals surface area (Å²) in [5.41, 5.74) is 0.333. The van der Waals surface area contributed by atoms with E-state index in [2.05, 4.69) is 5.32 Å². The van der Waals surface area contributed by atoms with Crippen molar-refractivity contribution in [2.45, 2.75) is 44.6 Å². The first-order valence-electron chi connectivity index (χ1n) is 9.24. The molecule has 0 bridgehead atoms. The molecule has 0 aliphatic carbocycles. The zero-order chi connectivity index (χ0) is 20.1. The Balaban J connectivity index is 1.55. The zero-order valence-electron chi connectivity index (χ0n) is 15.3. The number of amides is 1. The average molecular weight is 394 g/mol. The molecule has 3 nitrogen and oxygen atoms in total. The number of hydrogen-bond acceptors (Lipinski definition) is 2. The molecule has 0 aromatic heterocycles. The number of benzene rings is 2. The number of nitrogens with zero attached hydrogens (tertiary/aromatic N) is 1. The van der Waals surface area contributed by atoms with Gasteiger partial charge in [-0.25, -0.2) is 4.39 Å². The normalized spacial score (nSPS) is 17.4. The lowest BCUT2D eigenvalue weighted by Gasteiger charge is -2.25. The van der Waals surface area contributed by atoms with E-state index in [4.69, 9.17) is 0 Å². The van der Waals surface area contributed by atoms with Crippen LogP contribution >= 0.6 is 0 Å². The van der Waals surface area contributed by atoms with Gasteiger partial charge in [0.25, 0.3) is 0 Å². The standard InChI is InChI=1S/C21H22F4N2O/c22-19-7-2-1-5-16(19)13-26-11-10-18-8-9-20(28)27(18)14-15-4-3-6-17(12-15)21(23,24)25/h1-7,12,18,26H,8-11,13-14H2/t18-/m0/s1. The highest BCUT2D eigenvalue weighted by molar-refractivity contribution is 5.78. The Morgan fingerprint density at radius 1 is 1.11 bits per heavy atom. The number of nitrogens with one attached hydrogen (secondary N) is 1. The maximum atomic E-state index is 13.6. The summed E-state index contributed by atoms with van der Waals surface area (Å²) in [5, 5.41) is 3.17. The van der Waals surface area contributed by atoms with Crippen molar-refractivity contribution in [1.29, 1.82) is 0 Å². The molecule has 7 heteroatoms. The predicted molar refractivity (Wildman–Crippen MR) is 97.7 cm³/mol. The molecule has 0 unspecified atom stereocenters. The molecular weight excluding hydrogens is 372 g/mol. The monoisotopic (exact) mass is 394 g/mol. The molecule has 0 radical (unpaired) electrons. The van der Waals surface area contributed by atoms with Crippen molar-refractivity contribution in [2.24, 2.45) is 0 Å². The summed E-state index contributed by atoms with van der Waals surface area (Å²) in [6.07, 6.45) is -2.66. The van der Waals surface area contributed by atoms with Gasteiger partial charge in [-0.05, 0) is 43.1 Å². The van der Waals surface area contributed by atoms with Crippen molar-refractivity contribution in [1.82, 2.24) is 10.2 Å². The molecule has 1 fully saturated rings. The van der Waals surface area contributed by atoms with Gasteiger partial charge in [0.15, 0.2) is 0 Å². The molecule has 3 rings (SSSR count). The molecular formula is C21H22F4N2O. The van der Waals surface area contributed by atoms with Crippen molar-refractivity contribution in [3.8, 4) is 0 Å². The summed E-state index contributed by atoms with van der Waals surface area (Å²) in [7, 11) is 0. The van der Waals surface area contributed by atoms with Gasteiger partial charge in [-0.3, -0.25) is 4.79 Å². The first-order chi connectivity index (χ1) is 13.3. The van der Waals surface area contributed by atoms with Crippen molar-refractivity contribution >= 4 is 5.91 Å². The Morgan fingerprint density at radius 2 is 1.89 bits per heavy atom. The molecule has 1 atom stereocenters. The fourth-order valence-corrected chi connectivity index (χ4v) is 3.49. The van der Waals surface area contributed by atoms with E-state index in [0.717, 1.165) is 12.1 Å². The number of alkyl halides is 3. The number of hydrogen-bond donors (Lipinski definition) is 1. The molecule has 1 N–H and O–H groups in total. The average Bonchev–Trinajstić information content (AvgIpc) is 3.00. The molecule has 2 aromatic carbocycles. The number of rotatable bonds is 7. The highest BCUT2D eigenvalue weighted by Gasteiger charge is 2.32. The first kappa shape index (κ1) is 20.3. The van der Waals surface area contributed by atoms with Crippen LogP contribution in [-0.4, -0.2) is 23.4 Å². The van der Waals surface area contributed by atoms with E-state index in [1.165, 1.54) is 12.1 Å². The Morgan fingerprint density at radius 3 is 2.64 bits per heavy atom. The first-order valence-corrected chi connectivity index (χ1v) is 9.24. The Bertz CT molecular complexity index is 822. The molecule has 0 spiro atoms. The minimum Gasteiger partial charge on any atom is -0.335 e. The predicted octanol–water partition coefficient (Wildman–Crippen LogP) is 4.52. The van der Waals surface area contributed by atoms with Crippen LogP contribution in [0.25, 0.3) is 0 Å². The van der Waals surface area contributed by atoms with Gasteiger partial charge in [0.1, 0.15) is 5.82 Å². The molecule has 150 valence electrons. The van der Waals surface area contributed by atoms with Crippen LogP contribution in [-0.2, 0) is 24.1 Å². The molecule has 2 aromatic rings. The lowest BCUT2D eigenvalue weighted by atomic mass is 10.1. The smallest absolute Gasteiger partial charge is 0.335 e. The van der Waals surface area contributed by atoms with E-state index in [0.29, 0.717) is 43.5 Å². The SMILES string of the molecule is O=C1CC[C@@H](CCNCc2ccccc2F)N1Cc1cccc(C(F)(F)F)c1. The zero-order valence-corrected chi connectivity index (χ0v) is 15.3. The van der Waals surface area contributed by atoms with Crippen LogP contribution < -0.4 is 5.32 Å². The summed E-state index contributed by atoms with van der Waals surface area (Å²) in [5.74, 6) is -0.311. The van der Waals surface area contributed by atoms with Gasteiger partial charge in [0.05, 0.1) is 5.56 Å². The topological polar surface area (TPSA) is 32.3 Å². The van der Waals surface area contributed by atoms with Crippen LogP contribution in [0.2, 0.25) is 0 Å². The summed E-state index contributed by atoms with van der Waals surface area (Å²) in [4.78, 5) is 13.9. The third kappa shape index (κ3) is 5.10. The van der Waals surface area contributed by atoms with Crippen molar-refractivity contribution in [3.63, 3.8) is 0 Å². The van der Waals surface area contributed by atoms with Crippen LogP contribution in [0.3, 0.4) is 0 Å². The number of halogens is 4. The quantitative estimate of drug-likeness (QED) is 0.553. The molecule has 1 saturated heterocycles. The highest BCUT2D eigenvalue weighted by Crippen LogP contribution is 2.30. The van der Waals surface area contributed by atoms with Gasteiger partial charge >= 0.3 is 6.18 Å². The molecule has 1 amide bonds. The van der Waals surface area contributed by atoms with E-state index in [-0.39, 0.29) is 24.3 Å². The fourth-order valence-electron chi connectivity index (χ4n) is 3.49. The lowest BCUT2D eigenvalue weighted by Crippen LogP contribution is -2.34. The van der Waals surface area contributed by atoms with E-state index >= 15 is 0 Å². The minimum absolute atomic E-state index is 0.0323. The second kappa shape index (κ2) is 8.73. The molecule has 1 heterocycles. The second-order valence-corrected chi connectivity index (χ2v) is 6.97. The van der Waals surface area contributed by atoms with E-state index in [9.17, 15) is 22.4 Å². The van der Waals surface area contributed by atoms with Gasteiger partial charge in [0.2, 0.25) is 5.91 Å². The van der Waals surface area contributed by atoms with Gasteiger partial charge in [0, 0.05) is 31.1 Å². The Labute approximate surface area is 161 Å². The minimum atomic E-state index is -4.40. The summed E-state index contributed by atoms with van der Waals surface area (Å²) >= 11 is 0. The van der Waals surface area contributed by atoms with Crippen molar-refractivity contribution in [3.05, 3.63) is 71.0 Å². The molecule has 1 aliphatic rings. The summed E-state index contributed by atoms with van der Waals surface area (Å²) in [6, 6.07) is 11.6. The van der Waals surface area contributed by atoms with Crippen LogP contribution in [0, 0.1) is 5.82 Å². The maximum absolute atomic E-state index is 13.6. The summed E-state index contributed by atoms with van der Waals surface area (Å²) in [6.45, 7) is 1.15. The lowest BCUT2D eigenvalue weighted by molar-refractivity contribution is -0.137. The largest absolute Gasteiger partial charge is 0.416 e. The number of carbonyl (C=O) groups is 1.